The molecule has 0 heterocycles. The topological polar surface area (TPSA) is 121 Å². The number of carbonyl (C=O) groups excluding carboxylic acids is 3. The quantitative estimate of drug-likeness (QED) is 0.261. The molecule has 4 rings (SSSR count). The van der Waals surface area contributed by atoms with Gasteiger partial charge in [0.15, 0.2) is 5.78 Å². The molecule has 8 atom stereocenters. The van der Waals surface area contributed by atoms with Crippen LogP contribution >= 0.6 is 12.6 Å². The van der Waals surface area contributed by atoms with Gasteiger partial charge in [-0.05, 0) is 67.9 Å². The average molecular weight is 481 g/mol. The third-order valence-electron chi connectivity index (χ3n) is 9.47. The van der Waals surface area contributed by atoms with Crippen LogP contribution in [0.2, 0.25) is 0 Å². The molecule has 0 amide bonds. The molecule has 0 aliphatic heterocycles. The van der Waals surface area contributed by atoms with Crippen LogP contribution < -0.4 is 0 Å². The largest absolute Gasteiger partial charge is 0.465 e. The van der Waals surface area contributed by atoms with Crippen LogP contribution in [0.5, 0.6) is 0 Å². The lowest BCUT2D eigenvalue weighted by Gasteiger charge is -2.59. The normalized spacial score (nSPS) is 44.4. The standard InChI is InChI=1S/C25H36O7S/c1-23-12-21(29)20(28)11-17(23)19(27)10-16-14(23)5-7-24(2)15(6-8-25(16,24)31)18(26)4-3-9-32-22(30)13-33/h10,14-15,17,20-21,28-29,31,33H,3-9,11-13H2,1-2H3/t14?,15-,17+,20-,21+,23-,24-,25-/m1/s1. The summed E-state index contributed by atoms with van der Waals surface area (Å²) in [6, 6.07) is 0. The number of fused-ring (bicyclic) bond motifs is 5. The fourth-order valence-electron chi connectivity index (χ4n) is 7.54. The van der Waals surface area contributed by atoms with Gasteiger partial charge in [0.25, 0.3) is 0 Å². The summed E-state index contributed by atoms with van der Waals surface area (Å²) in [6.07, 6.45) is 3.48. The van der Waals surface area contributed by atoms with Gasteiger partial charge in [0.1, 0.15) is 5.78 Å². The number of Topliss-reactive ketones (excluding diaryl/α,β-unsaturated/α-hetero) is 1. The Kier molecular flexibility index (Phi) is 6.62. The number of allylic oxidation sites excluding steroid dienone is 1. The molecular formula is C25H36O7S. The maximum absolute atomic E-state index is 13.2. The highest BCUT2D eigenvalue weighted by atomic mass is 32.1. The van der Waals surface area contributed by atoms with Crippen molar-refractivity contribution in [2.24, 2.45) is 28.6 Å². The van der Waals surface area contributed by atoms with Crippen LogP contribution in [0.4, 0.5) is 0 Å². The Morgan fingerprint density at radius 2 is 1.88 bits per heavy atom. The predicted molar refractivity (Wildman–Crippen MR) is 123 cm³/mol. The van der Waals surface area contributed by atoms with Gasteiger partial charge >= 0.3 is 5.97 Å². The van der Waals surface area contributed by atoms with Gasteiger partial charge in [-0.1, -0.05) is 13.8 Å². The molecule has 4 aliphatic rings. The van der Waals surface area contributed by atoms with E-state index in [0.717, 1.165) is 12.0 Å². The summed E-state index contributed by atoms with van der Waals surface area (Å²) in [5, 5.41) is 32.6. The van der Waals surface area contributed by atoms with E-state index in [1.165, 1.54) is 0 Å². The summed E-state index contributed by atoms with van der Waals surface area (Å²) < 4.78 is 5.01. The molecule has 3 saturated carbocycles. The lowest BCUT2D eigenvalue weighted by molar-refractivity contribution is -0.154. The lowest BCUT2D eigenvalue weighted by Crippen LogP contribution is -2.61. The molecule has 0 bridgehead atoms. The predicted octanol–water partition coefficient (Wildman–Crippen LogP) is 2.01. The Morgan fingerprint density at radius 1 is 1.15 bits per heavy atom. The van der Waals surface area contributed by atoms with Gasteiger partial charge in [-0.3, -0.25) is 14.4 Å². The second-order valence-electron chi connectivity index (χ2n) is 11.0. The van der Waals surface area contributed by atoms with Crippen molar-refractivity contribution >= 4 is 30.2 Å². The highest BCUT2D eigenvalue weighted by Gasteiger charge is 2.67. The number of hydrogen-bond donors (Lipinski definition) is 4. The molecule has 0 spiro atoms. The van der Waals surface area contributed by atoms with E-state index in [1.54, 1.807) is 6.08 Å². The van der Waals surface area contributed by atoms with Gasteiger partial charge < -0.3 is 20.1 Å². The maximum atomic E-state index is 13.2. The smallest absolute Gasteiger partial charge is 0.315 e. The molecule has 0 aromatic carbocycles. The molecule has 3 fully saturated rings. The molecule has 4 aliphatic carbocycles. The number of ether oxygens (including phenoxy) is 1. The third-order valence-corrected chi connectivity index (χ3v) is 9.72. The number of aliphatic hydroxyl groups is 3. The van der Waals surface area contributed by atoms with Crippen molar-refractivity contribution in [1.82, 2.24) is 0 Å². The molecule has 0 aromatic rings. The van der Waals surface area contributed by atoms with Gasteiger partial charge in [0, 0.05) is 23.7 Å². The van der Waals surface area contributed by atoms with Crippen LogP contribution in [0.25, 0.3) is 0 Å². The van der Waals surface area contributed by atoms with Gasteiger partial charge in [-0.15, -0.1) is 0 Å². The highest BCUT2D eigenvalue weighted by molar-refractivity contribution is 7.81. The number of thiol groups is 1. The monoisotopic (exact) mass is 480 g/mol. The Bertz CT molecular complexity index is 871. The van der Waals surface area contributed by atoms with Crippen molar-refractivity contribution in [1.29, 1.82) is 0 Å². The summed E-state index contributed by atoms with van der Waals surface area (Å²) in [5.41, 5.74) is -1.69. The molecule has 7 nitrogen and oxygen atoms in total. The van der Waals surface area contributed by atoms with Crippen LogP contribution in [0.15, 0.2) is 11.6 Å². The van der Waals surface area contributed by atoms with E-state index < -0.39 is 34.6 Å². The van der Waals surface area contributed by atoms with Crippen LogP contribution in [0.3, 0.4) is 0 Å². The van der Waals surface area contributed by atoms with E-state index >= 15 is 0 Å². The van der Waals surface area contributed by atoms with Crippen molar-refractivity contribution in [2.45, 2.75) is 83.0 Å². The second-order valence-corrected chi connectivity index (χ2v) is 11.4. The Balaban J connectivity index is 1.55. The summed E-state index contributed by atoms with van der Waals surface area (Å²) in [5.74, 6) is -1.17. The van der Waals surface area contributed by atoms with Gasteiger partial charge in [0.05, 0.1) is 30.2 Å². The summed E-state index contributed by atoms with van der Waals surface area (Å²) >= 11 is 3.86. The van der Waals surface area contributed by atoms with Crippen molar-refractivity contribution in [3.05, 3.63) is 11.6 Å². The molecule has 184 valence electrons. The van der Waals surface area contributed by atoms with Gasteiger partial charge in [-0.25, -0.2) is 0 Å². The van der Waals surface area contributed by atoms with Crippen molar-refractivity contribution in [3.63, 3.8) is 0 Å². The van der Waals surface area contributed by atoms with E-state index in [9.17, 15) is 29.7 Å². The summed E-state index contributed by atoms with van der Waals surface area (Å²) in [6.45, 7) is 4.16. The lowest BCUT2D eigenvalue weighted by atomic mass is 9.46. The molecule has 8 heteroatoms. The van der Waals surface area contributed by atoms with Crippen molar-refractivity contribution in [2.75, 3.05) is 12.4 Å². The van der Waals surface area contributed by atoms with Crippen molar-refractivity contribution in [3.8, 4) is 0 Å². The van der Waals surface area contributed by atoms with Gasteiger partial charge in [-0.2, -0.15) is 12.6 Å². The zero-order chi connectivity index (χ0) is 24.2. The zero-order valence-corrected chi connectivity index (χ0v) is 20.4. The van der Waals surface area contributed by atoms with Crippen molar-refractivity contribution < 1.29 is 34.4 Å². The first-order chi connectivity index (χ1) is 15.5. The minimum Gasteiger partial charge on any atom is -0.465 e. The Labute approximate surface area is 200 Å². The molecular weight excluding hydrogens is 444 g/mol. The number of carbonyl (C=O) groups is 3. The van der Waals surface area contributed by atoms with Crippen LogP contribution in [-0.2, 0) is 19.1 Å². The number of esters is 1. The second kappa shape index (κ2) is 8.77. The summed E-state index contributed by atoms with van der Waals surface area (Å²) in [7, 11) is 0. The van der Waals surface area contributed by atoms with E-state index in [-0.39, 0.29) is 54.5 Å². The number of rotatable bonds is 6. The fourth-order valence-corrected chi connectivity index (χ4v) is 7.63. The average Bonchev–Trinajstić information content (AvgIpc) is 3.04. The maximum Gasteiger partial charge on any atom is 0.315 e. The minimum absolute atomic E-state index is 0.00639. The van der Waals surface area contributed by atoms with E-state index in [0.29, 0.717) is 32.1 Å². The first kappa shape index (κ1) is 24.9. The minimum atomic E-state index is -1.24. The Morgan fingerprint density at radius 3 is 2.58 bits per heavy atom. The summed E-state index contributed by atoms with van der Waals surface area (Å²) in [4.78, 5) is 37.5. The molecule has 1 unspecified atom stereocenters. The number of aliphatic hydroxyl groups excluding tert-OH is 2. The number of hydrogen-bond acceptors (Lipinski definition) is 8. The van der Waals surface area contributed by atoms with E-state index in [1.807, 2.05) is 13.8 Å². The third kappa shape index (κ3) is 3.81. The fraction of sp³-hybridized carbons (Fsp3) is 0.800. The Hall–Kier alpha value is -1.22. The van der Waals surface area contributed by atoms with Crippen LogP contribution in [0.1, 0.15) is 65.2 Å². The van der Waals surface area contributed by atoms with Crippen LogP contribution in [0, 0.1) is 28.6 Å². The van der Waals surface area contributed by atoms with Crippen LogP contribution in [-0.4, -0.2) is 63.0 Å². The molecule has 0 radical (unpaired) electrons. The van der Waals surface area contributed by atoms with Gasteiger partial charge in [0.2, 0.25) is 0 Å². The highest BCUT2D eigenvalue weighted by Crippen LogP contribution is 2.67. The number of ketones is 2. The molecule has 0 saturated heterocycles. The van der Waals surface area contributed by atoms with E-state index in [2.05, 4.69) is 12.6 Å². The molecule has 33 heavy (non-hydrogen) atoms. The first-order valence-electron chi connectivity index (χ1n) is 12.1. The first-order valence-corrected chi connectivity index (χ1v) is 12.7. The molecule has 0 aromatic heterocycles. The van der Waals surface area contributed by atoms with E-state index in [4.69, 9.17) is 4.74 Å². The zero-order valence-electron chi connectivity index (χ0n) is 19.5. The molecule has 3 N–H and O–H groups in total. The SMILES string of the molecule is C[C@]12C[C@H](O)[C@H](O)C[C@H]1C(=O)C=C1C2CC[C@]2(C)[C@@H](C(=O)CCCOC(=O)CS)CC[C@@]12O.